The molecule has 2 aromatic rings. The number of ether oxygens (including phenoxy) is 1. The molecule has 1 saturated heterocycles. The predicted molar refractivity (Wildman–Crippen MR) is 108 cm³/mol. The van der Waals surface area contributed by atoms with Gasteiger partial charge in [-0.3, -0.25) is 4.57 Å². The summed E-state index contributed by atoms with van der Waals surface area (Å²) in [6.07, 6.45) is -2.64. The molecule has 4 N–H and O–H groups in total. The van der Waals surface area contributed by atoms with Crippen LogP contribution < -0.4 is 5.73 Å². The molecule has 162 valence electrons. The first kappa shape index (κ1) is 22.0. The fraction of sp³-hybridized carbons (Fsp3) is 0.722. The van der Waals surface area contributed by atoms with Crippen LogP contribution in [0.4, 0.5) is 10.2 Å². The van der Waals surface area contributed by atoms with Crippen LogP contribution >= 0.6 is 0 Å². The van der Waals surface area contributed by atoms with E-state index in [9.17, 15) is 10.2 Å². The third-order valence-corrected chi connectivity index (χ3v) is 10.5. The number of nitrogens with zero attached hydrogens (tertiary/aromatic N) is 4. The molecule has 9 nitrogen and oxygen atoms in total. The first-order chi connectivity index (χ1) is 13.4. The Morgan fingerprint density at radius 3 is 2.48 bits per heavy atom. The van der Waals surface area contributed by atoms with Gasteiger partial charge in [-0.2, -0.15) is 0 Å². The SMILES string of the molecule is Cc1nc(N)c2ncn([C@@H]3OC(CO)(CO)C(O[Si](C)(C)C(C)(C)C)[C@H]3F)c2n1. The van der Waals surface area contributed by atoms with Gasteiger partial charge in [-0.1, -0.05) is 20.8 Å². The van der Waals surface area contributed by atoms with Gasteiger partial charge >= 0.3 is 0 Å². The smallest absolute Gasteiger partial charge is 0.192 e. The van der Waals surface area contributed by atoms with Crippen molar-refractivity contribution >= 4 is 25.3 Å². The van der Waals surface area contributed by atoms with Gasteiger partial charge in [-0.15, -0.1) is 0 Å². The Morgan fingerprint density at radius 1 is 1.31 bits per heavy atom. The van der Waals surface area contributed by atoms with E-state index < -0.39 is 45.6 Å². The van der Waals surface area contributed by atoms with E-state index in [0.717, 1.165) is 0 Å². The number of hydrogen-bond acceptors (Lipinski definition) is 8. The van der Waals surface area contributed by atoms with E-state index >= 15 is 4.39 Å². The molecule has 0 radical (unpaired) electrons. The third kappa shape index (κ3) is 3.54. The number of halogens is 1. The van der Waals surface area contributed by atoms with Crippen molar-refractivity contribution < 1.29 is 23.8 Å². The van der Waals surface area contributed by atoms with Crippen LogP contribution in [0.25, 0.3) is 11.2 Å². The Hall–Kier alpha value is -1.66. The summed E-state index contributed by atoms with van der Waals surface area (Å²) in [5.74, 6) is 0.596. The number of nitrogen functional groups attached to an aromatic ring is 1. The number of imidazole rings is 1. The quantitative estimate of drug-likeness (QED) is 0.615. The first-order valence-electron chi connectivity index (χ1n) is 9.55. The topological polar surface area (TPSA) is 129 Å². The van der Waals surface area contributed by atoms with Crippen molar-refractivity contribution in [3.63, 3.8) is 0 Å². The van der Waals surface area contributed by atoms with Gasteiger partial charge in [0.1, 0.15) is 23.0 Å². The Bertz CT molecular complexity index is 896. The molecular formula is C18H30FN5O4Si. The normalized spacial score (nSPS) is 25.1. The average molecular weight is 428 g/mol. The van der Waals surface area contributed by atoms with Crippen LogP contribution in [0.3, 0.4) is 0 Å². The largest absolute Gasteiger partial charge is 0.408 e. The van der Waals surface area contributed by atoms with Gasteiger partial charge < -0.3 is 25.1 Å². The molecule has 1 fully saturated rings. The number of aliphatic hydroxyl groups excluding tert-OH is 2. The molecule has 29 heavy (non-hydrogen) atoms. The Morgan fingerprint density at radius 2 is 1.93 bits per heavy atom. The van der Waals surface area contributed by atoms with Crippen LogP contribution in [0.15, 0.2) is 6.33 Å². The number of alkyl halides is 1. The van der Waals surface area contributed by atoms with Gasteiger partial charge in [0, 0.05) is 0 Å². The number of rotatable bonds is 5. The van der Waals surface area contributed by atoms with Gasteiger partial charge in [0.05, 0.1) is 19.5 Å². The molecule has 0 amide bonds. The number of aryl methyl sites for hydroxylation is 1. The number of anilines is 1. The summed E-state index contributed by atoms with van der Waals surface area (Å²) in [4.78, 5) is 12.6. The first-order valence-corrected chi connectivity index (χ1v) is 12.5. The fourth-order valence-electron chi connectivity index (χ4n) is 3.23. The minimum Gasteiger partial charge on any atom is -0.408 e. The molecule has 3 rings (SSSR count). The van der Waals surface area contributed by atoms with E-state index in [1.54, 1.807) is 6.92 Å². The molecular weight excluding hydrogens is 397 g/mol. The van der Waals surface area contributed by atoms with Crippen molar-refractivity contribution in [2.45, 2.75) is 69.9 Å². The van der Waals surface area contributed by atoms with Gasteiger partial charge in [-0.05, 0) is 25.1 Å². The number of hydrogen-bond donors (Lipinski definition) is 3. The highest BCUT2D eigenvalue weighted by Crippen LogP contribution is 2.46. The van der Waals surface area contributed by atoms with Crippen LogP contribution in [0, 0.1) is 6.92 Å². The Balaban J connectivity index is 2.05. The number of fused-ring (bicyclic) bond motifs is 1. The van der Waals surface area contributed by atoms with E-state index in [0.29, 0.717) is 17.0 Å². The van der Waals surface area contributed by atoms with Crippen molar-refractivity contribution in [1.29, 1.82) is 0 Å². The molecule has 11 heteroatoms. The minimum atomic E-state index is -2.43. The Labute approximate surface area is 170 Å². The van der Waals surface area contributed by atoms with Gasteiger partial charge in [-0.25, -0.2) is 19.3 Å². The standard InChI is InChI=1S/C18H30FN5O4Si/c1-10-22-14(20)12-15(23-10)24(9-21-12)16-11(19)13(18(7-25,8-26)27-16)28-29(5,6)17(2,3)4/h9,11,13,16,25-26H,7-8H2,1-6H3,(H2,20,22,23)/t11-,13?,16-/m1/s1. The van der Waals surface area contributed by atoms with Crippen molar-refractivity contribution in [3.8, 4) is 0 Å². The number of aromatic nitrogens is 4. The van der Waals surface area contributed by atoms with Crippen LogP contribution in [0.2, 0.25) is 18.1 Å². The lowest BCUT2D eigenvalue weighted by Crippen LogP contribution is -2.56. The van der Waals surface area contributed by atoms with Gasteiger partial charge in [0.2, 0.25) is 0 Å². The van der Waals surface area contributed by atoms with Crippen molar-refractivity contribution in [1.82, 2.24) is 19.5 Å². The highest BCUT2D eigenvalue weighted by Gasteiger charge is 2.59. The molecule has 0 bridgehead atoms. The van der Waals surface area contributed by atoms with Crippen LogP contribution in [-0.4, -0.2) is 69.1 Å². The third-order valence-electron chi connectivity index (χ3n) is 6.03. The molecule has 2 aromatic heterocycles. The lowest BCUT2D eigenvalue weighted by molar-refractivity contribution is -0.146. The molecule has 1 aliphatic heterocycles. The molecule has 0 saturated carbocycles. The summed E-state index contributed by atoms with van der Waals surface area (Å²) in [6.45, 7) is 10.5. The van der Waals surface area contributed by atoms with Crippen LogP contribution in [0.1, 0.15) is 32.8 Å². The maximum absolute atomic E-state index is 15.8. The van der Waals surface area contributed by atoms with Crippen molar-refractivity contribution in [2.24, 2.45) is 0 Å². The van der Waals surface area contributed by atoms with E-state index in [4.69, 9.17) is 14.9 Å². The maximum atomic E-state index is 15.8. The van der Waals surface area contributed by atoms with Crippen LogP contribution in [-0.2, 0) is 9.16 Å². The van der Waals surface area contributed by atoms with E-state index in [1.807, 2.05) is 33.9 Å². The van der Waals surface area contributed by atoms with E-state index in [1.165, 1.54) is 10.9 Å². The molecule has 0 spiro atoms. The summed E-state index contributed by atoms with van der Waals surface area (Å²) >= 11 is 0. The number of nitrogens with two attached hydrogens (primary N) is 1. The van der Waals surface area contributed by atoms with Gasteiger partial charge in [0.15, 0.2) is 32.2 Å². The van der Waals surface area contributed by atoms with E-state index in [2.05, 4.69) is 15.0 Å². The lowest BCUT2D eigenvalue weighted by atomic mass is 9.98. The minimum absolute atomic E-state index is 0.185. The lowest BCUT2D eigenvalue weighted by Gasteiger charge is -2.42. The second-order valence-electron chi connectivity index (χ2n) is 9.11. The maximum Gasteiger partial charge on any atom is 0.192 e. The van der Waals surface area contributed by atoms with E-state index in [-0.39, 0.29) is 10.9 Å². The predicted octanol–water partition coefficient (Wildman–Crippen LogP) is 1.70. The highest BCUT2D eigenvalue weighted by molar-refractivity contribution is 6.74. The fourth-order valence-corrected chi connectivity index (χ4v) is 4.56. The summed E-state index contributed by atoms with van der Waals surface area (Å²) in [5.41, 5.74) is 4.97. The molecule has 3 atom stereocenters. The molecule has 0 aromatic carbocycles. The number of aliphatic hydroxyl groups is 2. The monoisotopic (exact) mass is 427 g/mol. The van der Waals surface area contributed by atoms with Gasteiger partial charge in [0.25, 0.3) is 0 Å². The zero-order valence-electron chi connectivity index (χ0n) is 17.7. The molecule has 1 aliphatic rings. The summed E-state index contributed by atoms with van der Waals surface area (Å²) < 4.78 is 29.4. The van der Waals surface area contributed by atoms with Crippen molar-refractivity contribution in [2.75, 3.05) is 18.9 Å². The summed E-state index contributed by atoms with van der Waals surface area (Å²) in [6, 6.07) is 0. The molecule has 3 heterocycles. The zero-order valence-corrected chi connectivity index (χ0v) is 18.7. The average Bonchev–Trinajstić information content (AvgIpc) is 3.14. The zero-order chi connectivity index (χ0) is 21.8. The summed E-state index contributed by atoms with van der Waals surface area (Å²) in [5, 5.41) is 19.9. The Kier molecular flexibility index (Phi) is 5.50. The second-order valence-corrected chi connectivity index (χ2v) is 13.9. The summed E-state index contributed by atoms with van der Waals surface area (Å²) in [7, 11) is -2.43. The highest BCUT2D eigenvalue weighted by atomic mass is 28.4. The van der Waals surface area contributed by atoms with Crippen LogP contribution in [0.5, 0.6) is 0 Å². The van der Waals surface area contributed by atoms with Crippen molar-refractivity contribution in [3.05, 3.63) is 12.2 Å². The second kappa shape index (κ2) is 7.24. The molecule has 0 aliphatic carbocycles. The molecule has 1 unspecified atom stereocenters.